The number of rotatable bonds is 2. The number of hydrogen-bond donors (Lipinski definition) is 1. The monoisotopic (exact) mass is 462 g/mol. The third kappa shape index (κ3) is 4.67. The molecule has 0 saturated carbocycles. The molecule has 3 aromatic carbocycles. The van der Waals surface area contributed by atoms with Crippen molar-refractivity contribution in [3.05, 3.63) is 124 Å². The minimum atomic E-state index is -0.957. The zero-order chi connectivity index (χ0) is 24.4. The van der Waals surface area contributed by atoms with E-state index in [-0.39, 0.29) is 24.8 Å². The van der Waals surface area contributed by atoms with Crippen molar-refractivity contribution in [1.82, 2.24) is 0 Å². The molecule has 2 N–H and O–H groups in total. The quantitative estimate of drug-likeness (QED) is 0.360. The summed E-state index contributed by atoms with van der Waals surface area (Å²) in [4.78, 5) is 16.0. The third-order valence-corrected chi connectivity index (χ3v) is 6.97. The summed E-state index contributed by atoms with van der Waals surface area (Å²) in [5, 5.41) is 9.80. The summed E-state index contributed by atoms with van der Waals surface area (Å²) in [6, 6.07) is 25.5. The van der Waals surface area contributed by atoms with Gasteiger partial charge in [0.2, 0.25) is 0 Å². The van der Waals surface area contributed by atoms with Crippen molar-refractivity contribution in [3.8, 4) is 6.07 Å². The van der Waals surface area contributed by atoms with Crippen LogP contribution >= 0.6 is 0 Å². The van der Waals surface area contributed by atoms with Crippen LogP contribution in [0.4, 0.5) is 0 Å². The van der Waals surface area contributed by atoms with Crippen LogP contribution in [0.5, 0.6) is 0 Å². The minimum Gasteiger partial charge on any atom is -0.419 e. The van der Waals surface area contributed by atoms with Crippen molar-refractivity contribution in [2.24, 2.45) is 16.6 Å². The topological polar surface area (TPSA) is 79.2 Å². The predicted octanol–water partition coefficient (Wildman–Crippen LogP) is 2.20. The van der Waals surface area contributed by atoms with Gasteiger partial charge in [-0.1, -0.05) is 43.3 Å². The number of nitrogens with zero attached hydrogens (tertiary/aromatic N) is 2. The number of fused-ring (bicyclic) bond motifs is 6. The van der Waals surface area contributed by atoms with E-state index in [0.717, 1.165) is 57.4 Å². The molecule has 0 aromatic heterocycles. The van der Waals surface area contributed by atoms with E-state index in [9.17, 15) is 10.1 Å². The Morgan fingerprint density at radius 1 is 1.17 bits per heavy atom. The minimum absolute atomic E-state index is 0. The summed E-state index contributed by atoms with van der Waals surface area (Å²) in [7, 11) is 0. The Labute approximate surface area is 224 Å². The Morgan fingerprint density at radius 2 is 2.00 bits per heavy atom. The molecule has 1 heterocycles. The van der Waals surface area contributed by atoms with Crippen LogP contribution in [0.15, 0.2) is 83.5 Å². The van der Waals surface area contributed by atoms with Crippen LogP contribution in [0.3, 0.4) is 0 Å². The molecule has 0 radical (unpaired) electrons. The number of carbonyl (C=O) groups excluding carboxylic acids is 1. The zero-order valence-electron chi connectivity index (χ0n) is 20.6. The predicted molar refractivity (Wildman–Crippen MR) is 138 cm³/mol. The standard InChI is InChI=1S/C31H25N3O.Li/c1-21-14-29(20-34-19-21)31(33)27-7-3-6-25(17-27)30(12-13-35)24-5-2-4-22(15-24)8-9-23-16-28(31)11-10-26(23)18-32;/h2-5,7,10-12,15-17,19-21H,8-9,14,33H2,1H3;/q-2;+1/b30-12-;. The number of hydrogen-bond acceptors (Lipinski definition) is 4. The van der Waals surface area contributed by atoms with Gasteiger partial charge in [0.15, 0.2) is 0 Å². The van der Waals surface area contributed by atoms with Crippen LogP contribution in [-0.4, -0.2) is 12.5 Å². The first kappa shape index (κ1) is 25.6. The molecule has 0 amide bonds. The number of nitrogens with two attached hydrogens (primary N) is 1. The van der Waals surface area contributed by atoms with Gasteiger partial charge in [0.05, 0.1) is 17.2 Å². The largest absolute Gasteiger partial charge is 1.00 e. The molecule has 2 unspecified atom stereocenters. The van der Waals surface area contributed by atoms with Crippen molar-refractivity contribution >= 4 is 18.1 Å². The number of allylic oxidation sites excluding steroid dienone is 1. The fraction of sp³-hybridized carbons (Fsp3) is 0.194. The molecule has 4 nitrogen and oxygen atoms in total. The second-order valence-corrected chi connectivity index (χ2v) is 9.29. The maximum absolute atomic E-state index is 11.5. The van der Waals surface area contributed by atoms with E-state index in [1.54, 1.807) is 0 Å². The molecule has 2 atom stereocenters. The van der Waals surface area contributed by atoms with Crippen LogP contribution in [0.25, 0.3) is 5.57 Å². The van der Waals surface area contributed by atoms with Gasteiger partial charge < -0.3 is 10.5 Å². The van der Waals surface area contributed by atoms with E-state index in [0.29, 0.717) is 12.0 Å². The molecular formula is C31H25LiN3O-. The van der Waals surface area contributed by atoms with Gasteiger partial charge in [0.25, 0.3) is 0 Å². The van der Waals surface area contributed by atoms with Gasteiger partial charge >= 0.3 is 18.9 Å². The van der Waals surface area contributed by atoms with E-state index in [1.807, 2.05) is 61.2 Å². The van der Waals surface area contributed by atoms with E-state index < -0.39 is 5.54 Å². The third-order valence-electron chi connectivity index (χ3n) is 6.97. The molecule has 5 heteroatoms. The van der Waals surface area contributed by atoms with Crippen LogP contribution in [0, 0.1) is 23.3 Å². The van der Waals surface area contributed by atoms with Gasteiger partial charge in [-0.05, 0) is 59.8 Å². The Morgan fingerprint density at radius 3 is 2.78 bits per heavy atom. The number of benzene rings is 3. The van der Waals surface area contributed by atoms with E-state index in [1.165, 1.54) is 6.08 Å². The molecule has 172 valence electrons. The maximum Gasteiger partial charge on any atom is 1.00 e. The van der Waals surface area contributed by atoms with Crippen molar-refractivity contribution < 1.29 is 23.7 Å². The smallest absolute Gasteiger partial charge is 0.419 e. The molecule has 0 fully saturated rings. The van der Waals surface area contributed by atoms with Gasteiger partial charge in [-0.25, -0.2) is 0 Å². The summed E-state index contributed by atoms with van der Waals surface area (Å²) in [6.07, 6.45) is 9.46. The van der Waals surface area contributed by atoms with Gasteiger partial charge in [-0.3, -0.25) is 4.99 Å². The van der Waals surface area contributed by atoms with Gasteiger partial charge in [-0.2, -0.15) is 28.5 Å². The Balaban J connectivity index is 0.00000304. The molecule has 3 aromatic rings. The molecule has 36 heavy (non-hydrogen) atoms. The summed E-state index contributed by atoms with van der Waals surface area (Å²) in [5.74, 6) is 0.259. The summed E-state index contributed by atoms with van der Waals surface area (Å²) >= 11 is 0. The summed E-state index contributed by atoms with van der Waals surface area (Å²) < 4.78 is 0. The molecule has 1 aliphatic carbocycles. The maximum atomic E-state index is 11.5. The Hall–Kier alpha value is -3.47. The van der Waals surface area contributed by atoms with Crippen molar-refractivity contribution in [1.29, 1.82) is 5.26 Å². The fourth-order valence-corrected chi connectivity index (χ4v) is 5.10. The molecule has 0 saturated heterocycles. The molecule has 2 aliphatic rings. The number of nitriles is 1. The van der Waals surface area contributed by atoms with Crippen LogP contribution < -0.4 is 24.6 Å². The normalized spacial score (nSPS) is 21.6. The fourth-order valence-electron chi connectivity index (χ4n) is 5.10. The van der Waals surface area contributed by atoms with Gasteiger partial charge in [0.1, 0.15) is 0 Å². The summed E-state index contributed by atoms with van der Waals surface area (Å²) in [5.41, 5.74) is 14.4. The van der Waals surface area contributed by atoms with Crippen LogP contribution in [0.1, 0.15) is 52.3 Å². The molecule has 1 aliphatic heterocycles. The average Bonchev–Trinajstić information content (AvgIpc) is 2.90. The van der Waals surface area contributed by atoms with Gasteiger partial charge in [-0.15, -0.1) is 29.3 Å². The molecular weight excluding hydrogens is 437 g/mol. The first-order valence-corrected chi connectivity index (χ1v) is 11.8. The second-order valence-electron chi connectivity index (χ2n) is 9.29. The average molecular weight is 463 g/mol. The zero-order valence-corrected chi connectivity index (χ0v) is 20.6. The van der Waals surface area contributed by atoms with E-state index >= 15 is 0 Å². The first-order valence-electron chi connectivity index (χ1n) is 11.8. The molecule has 0 spiro atoms. The van der Waals surface area contributed by atoms with Crippen molar-refractivity contribution in [2.75, 3.05) is 0 Å². The van der Waals surface area contributed by atoms with Crippen LogP contribution in [-0.2, 0) is 23.2 Å². The number of aryl methyl sites for hydroxylation is 2. The summed E-state index contributed by atoms with van der Waals surface area (Å²) in [6.45, 7) is 2.13. The SMILES string of the molecule is CC1C=NC=C(C2(N)c3cc[c-]c(c3)/C(=C\[C-]=O)c3cccc(c3)CCc3cc2ccc3C#N)C1.[Li+]. The first-order chi connectivity index (χ1) is 17.0. The van der Waals surface area contributed by atoms with E-state index in [4.69, 9.17) is 5.73 Å². The number of aliphatic imine (C=N–C) groups is 1. The van der Waals surface area contributed by atoms with Crippen molar-refractivity contribution in [2.45, 2.75) is 31.7 Å². The van der Waals surface area contributed by atoms with Crippen LogP contribution in [0.2, 0.25) is 0 Å². The van der Waals surface area contributed by atoms with E-state index in [2.05, 4.69) is 42.3 Å². The molecule has 5 rings (SSSR count). The molecule has 6 bridgehead atoms. The Bertz CT molecular complexity index is 1450. The second kappa shape index (κ2) is 10.6. The van der Waals surface area contributed by atoms with Gasteiger partial charge in [0, 0.05) is 12.4 Å². The van der Waals surface area contributed by atoms with Crippen molar-refractivity contribution in [3.63, 3.8) is 0 Å². The Kier molecular flexibility index (Phi) is 7.58.